The molecule has 0 saturated carbocycles. The van der Waals surface area contributed by atoms with Crippen molar-refractivity contribution in [2.24, 2.45) is 0 Å². The quantitative estimate of drug-likeness (QED) is 0.126. The minimum atomic E-state index is -1.00. The molecule has 0 atom stereocenters. The van der Waals surface area contributed by atoms with E-state index in [0.29, 0.717) is 32.7 Å². The fourth-order valence-corrected chi connectivity index (χ4v) is 17.1. The number of rotatable bonds is 9. The molecule has 0 unspecified atom stereocenters. The molecule has 0 heterocycles. The molecule has 0 fully saturated rings. The van der Waals surface area contributed by atoms with Gasteiger partial charge in [0.1, 0.15) is 0 Å². The van der Waals surface area contributed by atoms with Gasteiger partial charge in [0.05, 0.1) is 85.0 Å². The fraction of sp³-hybridized carbons (Fsp3) is 0. The molecule has 0 heteroatoms. The van der Waals surface area contributed by atoms with Crippen LogP contribution >= 0.6 is 0 Å². The first-order valence-corrected chi connectivity index (χ1v) is 40.8. The van der Waals surface area contributed by atoms with Gasteiger partial charge in [0.25, 0.3) is 0 Å². The Morgan fingerprint density at radius 3 is 0.758 bits per heavy atom. The maximum atomic E-state index is 10.1. The molecule has 27 aromatic rings. The van der Waals surface area contributed by atoms with Crippen molar-refractivity contribution in [3.63, 3.8) is 0 Å². The van der Waals surface area contributed by atoms with Crippen molar-refractivity contribution in [2.75, 3.05) is 0 Å². The zero-order valence-corrected chi connectivity index (χ0v) is 67.7. The van der Waals surface area contributed by atoms with E-state index in [9.17, 15) is 21.9 Å². The summed E-state index contributed by atoms with van der Waals surface area (Å²) in [6, 6.07) is -6.66. The van der Waals surface area contributed by atoms with Crippen molar-refractivity contribution in [1.29, 1.82) is 0 Å². The molecule has 0 aliphatic rings. The van der Waals surface area contributed by atoms with Crippen molar-refractivity contribution < 1.29 is 85.0 Å². The van der Waals surface area contributed by atoms with E-state index in [1.165, 1.54) is 18.2 Å². The Balaban J connectivity index is 0.000000142. The zero-order valence-electron chi connectivity index (χ0n) is 130. The normalized spacial score (nSPS) is 18.2. The summed E-state index contributed by atoms with van der Waals surface area (Å²) >= 11 is 0. The second-order valence-corrected chi connectivity index (χ2v) is 30.2. The largest absolute Gasteiger partial charge is 0.0636 e. The maximum absolute atomic E-state index is 10.1. The average Bonchev–Trinajstić information content (AvgIpc) is 0.674. The summed E-state index contributed by atoms with van der Waals surface area (Å²) in [7, 11) is 0. The Bertz CT molecular complexity index is 13400. The van der Waals surface area contributed by atoms with Gasteiger partial charge < -0.3 is 0 Å². The first-order valence-electron chi connectivity index (χ1n) is 71.8. The molecule has 27 aromatic carbocycles. The van der Waals surface area contributed by atoms with E-state index in [-0.39, 0.29) is 132 Å². The predicted octanol–water partition coefficient (Wildman–Crippen LogP) is 37.4. The molecule has 0 radical (unpaired) electrons. The molecule has 0 aliphatic heterocycles. The lowest BCUT2D eigenvalue weighted by atomic mass is 9.84. The minimum Gasteiger partial charge on any atom is -0.0616 e. The molecule has 0 aliphatic carbocycles. The summed E-state index contributed by atoms with van der Waals surface area (Å²) in [5, 5.41) is -5.19. The highest BCUT2D eigenvalue weighted by Crippen LogP contribution is 2.52. The summed E-state index contributed by atoms with van der Waals surface area (Å²) in [4.78, 5) is 0. The number of hydrogen-bond acceptors (Lipinski definition) is 0. The van der Waals surface area contributed by atoms with Gasteiger partial charge in [-0.05, 0) is 316 Å². The predicted molar refractivity (Wildman–Crippen MR) is 571 cm³/mol. The van der Waals surface area contributed by atoms with Gasteiger partial charge >= 0.3 is 0 Å². The molecule has 0 saturated heterocycles. The van der Waals surface area contributed by atoms with Gasteiger partial charge in [0.2, 0.25) is 0 Å². The highest BCUT2D eigenvalue weighted by atomic mass is 14.3. The average molecular weight is 1730 g/mol. The van der Waals surface area contributed by atoms with Crippen molar-refractivity contribution in [3.8, 4) is 100 Å². The van der Waals surface area contributed by atoms with Crippen LogP contribution in [-0.2, 0) is 0 Å². The monoisotopic (exact) mass is 1730 g/mol. The first-order chi connectivity index (χ1) is 91.3. The minimum absolute atomic E-state index is 0.0202. The van der Waals surface area contributed by atoms with Crippen LogP contribution in [0.2, 0.25) is 0 Å². The molecular formula is C132H84. The summed E-state index contributed by atoms with van der Waals surface area (Å²) in [6.07, 6.45) is 0. The highest BCUT2D eigenvalue weighted by molar-refractivity contribution is 6.27. The van der Waals surface area contributed by atoms with Crippen LogP contribution in [-0.4, -0.2) is 0 Å². The fourth-order valence-electron chi connectivity index (χ4n) is 17.1. The van der Waals surface area contributed by atoms with Gasteiger partial charge in [0, 0.05) is 0 Å². The van der Waals surface area contributed by atoms with Gasteiger partial charge in [-0.2, -0.15) is 0 Å². The lowest BCUT2D eigenvalue weighted by Gasteiger charge is -2.19. The van der Waals surface area contributed by atoms with E-state index >= 15 is 0 Å². The third-order valence-corrected chi connectivity index (χ3v) is 22.9. The van der Waals surface area contributed by atoms with E-state index in [2.05, 4.69) is 0 Å². The summed E-state index contributed by atoms with van der Waals surface area (Å²) in [6.45, 7) is 0. The third kappa shape index (κ3) is 13.6. The van der Waals surface area contributed by atoms with Crippen LogP contribution in [0.25, 0.3) is 262 Å². The SMILES string of the molecule is [2H]c1c([2H])c([2H])c2c([2H])c(-c3c4c([2H])cc(-c5c([2H])c([2H])c([2H])c6c([2H])c([2H])c([2H])c([2H])c56)c([2H])c4c(-c4c([2H])c([2H])c5c([2H])c([2H])c([2H])c([2H])c5c4[2H])c4c([2H])c([2H])c([2H])c([2H])c34)c([2H])c([2H])c2c1[2H].[2H]c1c([2H])c([2H])c2c([2H])c(-c3c4ccccc4c(-c4c([2H])c([2H])c5c([2H])c([2H])c([2H])c([2H])c5c4[2H])c4cc(-c5c([2H])c([2H])c([2H])c6c([2H])c([2H])c([2H])c([2H])c56)ccc34)c([2H])c([2H])c2c1[2H].[2H]c1c([2H])c([2H])c2c([2H])c(-c3c4ccccc4c(-c4c([2H])c([2H])c5c([2H])c([2H])c([2H])c([2H])c5c4[2H])c4cc(-c5cccc6ccccc56)ccc34)c([2H])c([2H])c2c1[2H]. The Morgan fingerprint density at radius 1 is 0.114 bits per heavy atom. The van der Waals surface area contributed by atoms with Gasteiger partial charge in [0.15, 0.2) is 0 Å². The maximum Gasteiger partial charge on any atom is 0.0636 e. The number of fused-ring (bicyclic) bond motifs is 15. The molecule has 612 valence electrons. The van der Waals surface area contributed by atoms with Crippen LogP contribution in [0.15, 0.2) is 508 Å². The molecule has 0 bridgehead atoms. The van der Waals surface area contributed by atoms with E-state index in [0.717, 1.165) is 28.0 Å². The Kier molecular flexibility index (Phi) is 9.11. The zero-order chi connectivity index (χ0) is 141. The van der Waals surface area contributed by atoms with Crippen molar-refractivity contribution in [1.82, 2.24) is 0 Å². The lowest BCUT2D eigenvalue weighted by Crippen LogP contribution is -1.92. The number of hydrogen-bond donors (Lipinski definition) is 0. The van der Waals surface area contributed by atoms with E-state index < -0.39 is 450 Å². The molecule has 0 spiro atoms. The standard InChI is InChI=1S/3C44H28/c3*1-3-13-32-26-35(22-20-29(32)10-1)43-39-17-7-8-18-40(39)44(36-23-21-30-11-2-4-14-33(30)27-36)42-28-34(24-25-41(42)43)38-19-9-15-31-12-5-6-16-37(31)38/h3*1-28H/i1D,2D,3D,4D,5D,6D,7D,8D,9D,10D,11D,12D,13D,14D,15D,16D,17D,18D,19D,20D,21D,22D,23D,25D,26D,27D,28D;1D,2D,3D,4D,5D,6D,9D,10D,11D,12D,13D,14D,15D,16D,19D,20D,21D,22D,23D,26D,27D;1D,2D,3D,4D,10D,11D,13D,14D,20D,21D,22D,23D,26D,27D. The van der Waals surface area contributed by atoms with E-state index in [4.69, 9.17) is 63.1 Å². The summed E-state index contributed by atoms with van der Waals surface area (Å²) in [5.41, 5.74) is -2.74. The second kappa shape index (κ2) is 32.6. The van der Waals surface area contributed by atoms with Gasteiger partial charge in [-0.1, -0.05) is 454 Å². The summed E-state index contributed by atoms with van der Waals surface area (Å²) in [5.74, 6) is 0. The molecule has 0 amide bonds. The Hall–Kier alpha value is -17.2. The summed E-state index contributed by atoms with van der Waals surface area (Å²) < 4.78 is 552. The Morgan fingerprint density at radius 2 is 0.379 bits per heavy atom. The van der Waals surface area contributed by atoms with Crippen LogP contribution < -0.4 is 0 Å². The van der Waals surface area contributed by atoms with Crippen LogP contribution in [0.1, 0.15) is 85.0 Å². The highest BCUT2D eigenvalue weighted by Gasteiger charge is 2.24. The molecular weight excluding hydrogens is 1590 g/mol. The Labute approximate surface area is 852 Å². The van der Waals surface area contributed by atoms with Crippen LogP contribution in [0, 0.1) is 0 Å². The van der Waals surface area contributed by atoms with Crippen LogP contribution in [0.5, 0.6) is 0 Å². The smallest absolute Gasteiger partial charge is 0.0616 e. The molecule has 0 N–H and O–H groups in total. The molecule has 27 rings (SSSR count). The molecule has 0 aromatic heterocycles. The van der Waals surface area contributed by atoms with Gasteiger partial charge in [-0.3, -0.25) is 0 Å². The second-order valence-electron chi connectivity index (χ2n) is 30.2. The van der Waals surface area contributed by atoms with Crippen LogP contribution in [0.4, 0.5) is 0 Å². The van der Waals surface area contributed by atoms with Gasteiger partial charge in [-0.25, -0.2) is 0 Å². The van der Waals surface area contributed by atoms with Crippen LogP contribution in [0.3, 0.4) is 0 Å². The molecule has 0 nitrogen and oxygen atoms in total. The molecule has 132 heavy (non-hydrogen) atoms. The van der Waals surface area contributed by atoms with Crippen molar-refractivity contribution >= 4 is 162 Å². The van der Waals surface area contributed by atoms with Crippen molar-refractivity contribution in [3.05, 3.63) is 508 Å². The number of benzene rings is 27. The van der Waals surface area contributed by atoms with Crippen molar-refractivity contribution in [2.45, 2.75) is 0 Å². The van der Waals surface area contributed by atoms with E-state index in [1.54, 1.807) is 54.6 Å². The third-order valence-electron chi connectivity index (χ3n) is 22.9. The van der Waals surface area contributed by atoms with E-state index in [1.807, 2.05) is 54.6 Å². The lowest BCUT2D eigenvalue weighted by molar-refractivity contribution is 1.66. The van der Waals surface area contributed by atoms with Gasteiger partial charge in [-0.15, -0.1) is 0 Å². The topological polar surface area (TPSA) is 0 Å². The first kappa shape index (κ1) is 36.9.